The maximum absolute atomic E-state index is 5.35. The fraction of sp³-hybridized carbons (Fsp3) is 0.286. The van der Waals surface area contributed by atoms with Gasteiger partial charge in [0, 0.05) is 30.5 Å². The van der Waals surface area contributed by atoms with Gasteiger partial charge in [-0.3, -0.25) is 0 Å². The molecule has 0 bridgehead atoms. The Morgan fingerprint density at radius 1 is 1.06 bits per heavy atom. The fourth-order valence-corrected chi connectivity index (χ4v) is 2.09. The summed E-state index contributed by atoms with van der Waals surface area (Å²) in [5.74, 6) is 0. The molecule has 0 atom stereocenters. The maximum Gasteiger partial charge on any atom is 0.198 e. The lowest BCUT2D eigenvalue weighted by atomic mass is 10.1. The molecule has 0 aliphatic carbocycles. The van der Waals surface area contributed by atoms with Crippen LogP contribution in [0.25, 0.3) is 11.3 Å². The third-order valence-electron chi connectivity index (χ3n) is 3.07. The summed E-state index contributed by atoms with van der Waals surface area (Å²) in [7, 11) is 0. The Morgan fingerprint density at radius 2 is 1.83 bits per heavy atom. The van der Waals surface area contributed by atoms with Crippen LogP contribution in [0, 0.1) is 6.33 Å². The van der Waals surface area contributed by atoms with Crippen LogP contribution in [0.3, 0.4) is 0 Å². The van der Waals surface area contributed by atoms with Crippen molar-refractivity contribution < 1.29 is 4.74 Å². The summed E-state index contributed by atoms with van der Waals surface area (Å²) in [6.07, 6.45) is 4.32. The van der Waals surface area contributed by atoms with Crippen molar-refractivity contribution in [2.45, 2.75) is 0 Å². The van der Waals surface area contributed by atoms with Crippen molar-refractivity contribution in [3.8, 4) is 11.3 Å². The van der Waals surface area contributed by atoms with Gasteiger partial charge in [-0.05, 0) is 18.2 Å². The van der Waals surface area contributed by atoms with Gasteiger partial charge in [-0.2, -0.15) is 0 Å². The van der Waals surface area contributed by atoms with Crippen molar-refractivity contribution >= 4 is 5.69 Å². The maximum atomic E-state index is 5.35. The number of morpholine rings is 1. The zero-order valence-electron chi connectivity index (χ0n) is 10.0. The van der Waals surface area contributed by atoms with Gasteiger partial charge < -0.3 is 9.64 Å². The van der Waals surface area contributed by atoms with Gasteiger partial charge in [-0.15, -0.1) is 0 Å². The summed E-state index contributed by atoms with van der Waals surface area (Å²) in [5.41, 5.74) is 3.23. The Labute approximate surface area is 106 Å². The molecule has 0 amide bonds. The van der Waals surface area contributed by atoms with E-state index in [0.29, 0.717) is 0 Å². The quantitative estimate of drug-likeness (QED) is 0.802. The molecule has 1 aromatic carbocycles. The van der Waals surface area contributed by atoms with Gasteiger partial charge in [0.15, 0.2) is 6.33 Å². The number of ether oxygens (including phenoxy) is 1. The van der Waals surface area contributed by atoms with Gasteiger partial charge in [0.25, 0.3) is 0 Å². The topological polar surface area (TPSA) is 38.2 Å². The molecule has 2 aromatic rings. The van der Waals surface area contributed by atoms with Crippen LogP contribution in [-0.2, 0) is 4.74 Å². The lowest BCUT2D eigenvalue weighted by molar-refractivity contribution is 0.122. The standard InChI is InChI=1S/C14H14N3O/c1-3-13(17-7-9-18-10-8-17)4-2-12(1)14-5-6-15-11-16-14/h1-6H,7-10H2. The minimum Gasteiger partial charge on any atom is -0.378 e. The van der Waals surface area contributed by atoms with Gasteiger partial charge in [-0.25, -0.2) is 9.97 Å². The van der Waals surface area contributed by atoms with Crippen molar-refractivity contribution in [3.05, 3.63) is 42.9 Å². The Morgan fingerprint density at radius 3 is 2.50 bits per heavy atom. The van der Waals surface area contributed by atoms with E-state index in [4.69, 9.17) is 4.74 Å². The summed E-state index contributed by atoms with van der Waals surface area (Å²) in [6.45, 7) is 3.53. The average molecular weight is 240 g/mol. The molecule has 4 heteroatoms. The van der Waals surface area contributed by atoms with Crippen molar-refractivity contribution in [1.29, 1.82) is 0 Å². The first-order valence-corrected chi connectivity index (χ1v) is 6.06. The lowest BCUT2D eigenvalue weighted by Crippen LogP contribution is -2.36. The molecule has 91 valence electrons. The Hall–Kier alpha value is -1.94. The molecule has 4 nitrogen and oxygen atoms in total. The van der Waals surface area contributed by atoms with Crippen LogP contribution in [0.4, 0.5) is 5.69 Å². The molecule has 1 saturated heterocycles. The number of hydrogen-bond donors (Lipinski definition) is 0. The van der Waals surface area contributed by atoms with Gasteiger partial charge in [0.1, 0.15) is 0 Å². The van der Waals surface area contributed by atoms with Crippen LogP contribution in [0.15, 0.2) is 36.5 Å². The van der Waals surface area contributed by atoms with Gasteiger partial charge in [0.2, 0.25) is 0 Å². The second-order valence-electron chi connectivity index (χ2n) is 4.19. The summed E-state index contributed by atoms with van der Waals surface area (Å²) in [6, 6.07) is 10.3. The number of anilines is 1. The van der Waals surface area contributed by atoms with Gasteiger partial charge >= 0.3 is 0 Å². The molecule has 18 heavy (non-hydrogen) atoms. The van der Waals surface area contributed by atoms with E-state index in [1.165, 1.54) is 5.69 Å². The number of rotatable bonds is 2. The van der Waals surface area contributed by atoms with E-state index < -0.39 is 0 Å². The Balaban J connectivity index is 1.80. The van der Waals surface area contributed by atoms with E-state index in [1.807, 2.05) is 6.07 Å². The smallest absolute Gasteiger partial charge is 0.198 e. The van der Waals surface area contributed by atoms with E-state index >= 15 is 0 Å². The highest BCUT2D eigenvalue weighted by Crippen LogP contribution is 2.21. The third kappa shape index (κ3) is 2.33. The SMILES string of the molecule is [c]1nccc(-c2ccc(N3CCOCC3)cc2)n1. The first kappa shape index (κ1) is 11.2. The number of aromatic nitrogens is 2. The van der Waals surface area contributed by atoms with E-state index in [9.17, 15) is 0 Å². The second kappa shape index (κ2) is 5.14. The van der Waals surface area contributed by atoms with E-state index in [2.05, 4.69) is 45.5 Å². The van der Waals surface area contributed by atoms with Crippen molar-refractivity contribution in [2.75, 3.05) is 31.2 Å². The zero-order chi connectivity index (χ0) is 12.2. The minimum absolute atomic E-state index is 0.808. The Bertz CT molecular complexity index is 492. The molecule has 1 radical (unpaired) electrons. The molecule has 1 fully saturated rings. The van der Waals surface area contributed by atoms with Crippen LogP contribution in [0.1, 0.15) is 0 Å². The highest BCUT2D eigenvalue weighted by Gasteiger charge is 2.10. The zero-order valence-corrected chi connectivity index (χ0v) is 10.0. The highest BCUT2D eigenvalue weighted by atomic mass is 16.5. The minimum atomic E-state index is 0.808. The summed E-state index contributed by atoms with van der Waals surface area (Å²) < 4.78 is 5.35. The van der Waals surface area contributed by atoms with Crippen molar-refractivity contribution in [3.63, 3.8) is 0 Å². The molecular formula is C14H14N3O. The normalized spacial score (nSPS) is 15.7. The van der Waals surface area contributed by atoms with Gasteiger partial charge in [0.05, 0.1) is 18.9 Å². The first-order chi connectivity index (χ1) is 8.93. The molecule has 2 heterocycles. The molecule has 0 spiro atoms. The summed E-state index contributed by atoms with van der Waals surface area (Å²) in [4.78, 5) is 10.3. The Kier molecular flexibility index (Phi) is 3.19. The first-order valence-electron chi connectivity index (χ1n) is 6.06. The number of benzene rings is 1. The number of hydrogen-bond acceptors (Lipinski definition) is 4. The van der Waals surface area contributed by atoms with E-state index in [0.717, 1.165) is 37.6 Å². The fourth-order valence-electron chi connectivity index (χ4n) is 2.09. The van der Waals surface area contributed by atoms with Crippen LogP contribution in [-0.4, -0.2) is 36.3 Å². The summed E-state index contributed by atoms with van der Waals surface area (Å²) >= 11 is 0. The van der Waals surface area contributed by atoms with Crippen LogP contribution in [0.5, 0.6) is 0 Å². The predicted molar refractivity (Wildman–Crippen MR) is 69.3 cm³/mol. The molecule has 1 aliphatic rings. The molecule has 1 aliphatic heterocycles. The highest BCUT2D eigenvalue weighted by molar-refractivity contribution is 5.62. The monoisotopic (exact) mass is 240 g/mol. The predicted octanol–water partition coefficient (Wildman–Crippen LogP) is 1.78. The molecule has 1 aromatic heterocycles. The van der Waals surface area contributed by atoms with Crippen LogP contribution >= 0.6 is 0 Å². The van der Waals surface area contributed by atoms with Crippen LogP contribution < -0.4 is 4.90 Å². The summed E-state index contributed by atoms with van der Waals surface area (Å²) in [5, 5.41) is 0. The lowest BCUT2D eigenvalue weighted by Gasteiger charge is -2.28. The number of nitrogens with zero attached hydrogens (tertiary/aromatic N) is 3. The van der Waals surface area contributed by atoms with E-state index in [1.54, 1.807) is 6.20 Å². The average Bonchev–Trinajstić information content (AvgIpc) is 2.49. The molecule has 0 saturated carbocycles. The second-order valence-corrected chi connectivity index (χ2v) is 4.19. The molecule has 0 unspecified atom stereocenters. The van der Waals surface area contributed by atoms with Crippen molar-refractivity contribution in [1.82, 2.24) is 9.97 Å². The molecule has 0 N–H and O–H groups in total. The molecular weight excluding hydrogens is 226 g/mol. The van der Waals surface area contributed by atoms with Crippen LogP contribution in [0.2, 0.25) is 0 Å². The molecule has 3 rings (SSSR count). The third-order valence-corrected chi connectivity index (χ3v) is 3.07. The van der Waals surface area contributed by atoms with Crippen molar-refractivity contribution in [2.24, 2.45) is 0 Å². The largest absolute Gasteiger partial charge is 0.378 e. The van der Waals surface area contributed by atoms with E-state index in [-0.39, 0.29) is 0 Å². The van der Waals surface area contributed by atoms with Gasteiger partial charge in [-0.1, -0.05) is 12.1 Å².